The van der Waals surface area contributed by atoms with Gasteiger partial charge >= 0.3 is 0 Å². The zero-order valence-corrected chi connectivity index (χ0v) is 6.51. The fourth-order valence-corrected chi connectivity index (χ4v) is 0.815. The molecule has 0 aliphatic carbocycles. The number of hydrogen-bond donors (Lipinski definition) is 0. The minimum atomic E-state index is 0.349. The van der Waals surface area contributed by atoms with E-state index >= 15 is 0 Å². The molecule has 0 atom stereocenters. The minimum Gasteiger partial charge on any atom is -0.421 e. The Morgan fingerprint density at radius 3 is 3.08 bits per heavy atom. The van der Waals surface area contributed by atoms with Gasteiger partial charge in [-0.2, -0.15) is 0 Å². The molecule has 12 heavy (non-hydrogen) atoms. The Hall–Kier alpha value is -1.72. The van der Waals surface area contributed by atoms with Crippen LogP contribution in [0.3, 0.4) is 0 Å². The smallest absolute Gasteiger partial charge is 0.287 e. The summed E-state index contributed by atoms with van der Waals surface area (Å²) in [7, 11) is 0. The third-order valence-electron chi connectivity index (χ3n) is 1.41. The van der Waals surface area contributed by atoms with Gasteiger partial charge in [-0.3, -0.25) is 4.68 Å². The van der Waals surface area contributed by atoms with Crippen molar-refractivity contribution >= 4 is 0 Å². The molecule has 2 aromatic rings. The van der Waals surface area contributed by atoms with Crippen LogP contribution in [0.2, 0.25) is 0 Å². The lowest BCUT2D eigenvalue weighted by atomic mass is 10.6. The quantitative estimate of drug-likeness (QED) is 0.642. The van der Waals surface area contributed by atoms with E-state index in [9.17, 15) is 0 Å². The summed E-state index contributed by atoms with van der Waals surface area (Å²) in [6, 6.07) is 0. The van der Waals surface area contributed by atoms with Gasteiger partial charge in [0.15, 0.2) is 0 Å². The standard InChI is InChI=1S/C6H7N5O/c1-2-11-3-7-5(10-11)6-9-8-4-12-6/h3-4H,2H2,1H3. The van der Waals surface area contributed by atoms with E-state index in [0.29, 0.717) is 11.7 Å². The normalized spacial score (nSPS) is 10.4. The van der Waals surface area contributed by atoms with Crippen LogP contribution >= 0.6 is 0 Å². The topological polar surface area (TPSA) is 69.6 Å². The van der Waals surface area contributed by atoms with Crippen molar-refractivity contribution in [1.29, 1.82) is 0 Å². The molecule has 0 spiro atoms. The Labute approximate surface area is 68.2 Å². The van der Waals surface area contributed by atoms with E-state index in [2.05, 4.69) is 20.3 Å². The molecule has 0 fully saturated rings. The highest BCUT2D eigenvalue weighted by Gasteiger charge is 2.07. The highest BCUT2D eigenvalue weighted by Crippen LogP contribution is 2.08. The minimum absolute atomic E-state index is 0.349. The zero-order chi connectivity index (χ0) is 8.39. The molecule has 0 unspecified atom stereocenters. The van der Waals surface area contributed by atoms with Gasteiger partial charge < -0.3 is 4.42 Å². The van der Waals surface area contributed by atoms with Gasteiger partial charge in [0, 0.05) is 6.54 Å². The molecule has 6 nitrogen and oxygen atoms in total. The summed E-state index contributed by atoms with van der Waals surface area (Å²) in [6.45, 7) is 2.76. The maximum absolute atomic E-state index is 4.92. The summed E-state index contributed by atoms with van der Waals surface area (Å²) in [5.41, 5.74) is 0. The molecular formula is C6H7N5O. The molecule has 0 radical (unpaired) electrons. The average molecular weight is 165 g/mol. The van der Waals surface area contributed by atoms with Crippen LogP contribution in [0.25, 0.3) is 11.7 Å². The molecule has 6 heteroatoms. The largest absolute Gasteiger partial charge is 0.421 e. The van der Waals surface area contributed by atoms with E-state index in [-0.39, 0.29) is 0 Å². The number of aryl methyl sites for hydroxylation is 1. The number of aromatic nitrogens is 5. The van der Waals surface area contributed by atoms with E-state index in [4.69, 9.17) is 4.42 Å². The Morgan fingerprint density at radius 1 is 1.58 bits per heavy atom. The fourth-order valence-electron chi connectivity index (χ4n) is 0.815. The van der Waals surface area contributed by atoms with Crippen molar-refractivity contribution in [3.05, 3.63) is 12.7 Å². The molecule has 0 bridgehead atoms. The SMILES string of the molecule is CCn1cnc(-c2nnco2)n1. The van der Waals surface area contributed by atoms with Crippen molar-refractivity contribution < 1.29 is 4.42 Å². The van der Waals surface area contributed by atoms with Gasteiger partial charge in [0.2, 0.25) is 12.2 Å². The predicted octanol–water partition coefficient (Wildman–Crippen LogP) is 0.348. The van der Waals surface area contributed by atoms with Crippen molar-refractivity contribution in [3.8, 4) is 11.7 Å². The highest BCUT2D eigenvalue weighted by molar-refractivity contribution is 5.36. The molecule has 2 rings (SSSR count). The Kier molecular flexibility index (Phi) is 1.58. The summed E-state index contributed by atoms with van der Waals surface area (Å²) in [4.78, 5) is 3.99. The zero-order valence-electron chi connectivity index (χ0n) is 6.51. The number of rotatable bonds is 2. The summed E-state index contributed by atoms with van der Waals surface area (Å²) in [5, 5.41) is 11.3. The van der Waals surface area contributed by atoms with Gasteiger partial charge in [-0.1, -0.05) is 0 Å². The van der Waals surface area contributed by atoms with E-state index in [1.54, 1.807) is 11.0 Å². The van der Waals surface area contributed by atoms with Gasteiger partial charge in [0.1, 0.15) is 6.33 Å². The summed E-state index contributed by atoms with van der Waals surface area (Å²) < 4.78 is 6.61. The third kappa shape index (κ3) is 1.07. The molecule has 0 amide bonds. The first-order chi connectivity index (χ1) is 5.90. The molecule has 0 aromatic carbocycles. The third-order valence-corrected chi connectivity index (χ3v) is 1.41. The first-order valence-electron chi connectivity index (χ1n) is 3.56. The van der Waals surface area contributed by atoms with Crippen LogP contribution in [0.1, 0.15) is 6.92 Å². The molecule has 0 N–H and O–H groups in total. The second-order valence-corrected chi connectivity index (χ2v) is 2.17. The second kappa shape index (κ2) is 2.72. The van der Waals surface area contributed by atoms with Crippen LogP contribution in [0.5, 0.6) is 0 Å². The van der Waals surface area contributed by atoms with E-state index < -0.39 is 0 Å². The predicted molar refractivity (Wildman–Crippen MR) is 39.0 cm³/mol. The highest BCUT2D eigenvalue weighted by atomic mass is 16.4. The van der Waals surface area contributed by atoms with Crippen molar-refractivity contribution in [2.45, 2.75) is 13.5 Å². The monoisotopic (exact) mass is 165 g/mol. The van der Waals surface area contributed by atoms with Crippen LogP contribution in [0, 0.1) is 0 Å². The Morgan fingerprint density at radius 2 is 2.50 bits per heavy atom. The first kappa shape index (κ1) is 6.96. The molecule has 2 aromatic heterocycles. The van der Waals surface area contributed by atoms with Gasteiger partial charge in [0.25, 0.3) is 5.89 Å². The molecule has 0 saturated carbocycles. The lowest BCUT2D eigenvalue weighted by Gasteiger charge is -1.87. The van der Waals surface area contributed by atoms with Gasteiger partial charge in [-0.05, 0) is 6.92 Å². The first-order valence-corrected chi connectivity index (χ1v) is 3.56. The van der Waals surface area contributed by atoms with Gasteiger partial charge in [0.05, 0.1) is 0 Å². The summed E-state index contributed by atoms with van der Waals surface area (Å²) >= 11 is 0. The maximum Gasteiger partial charge on any atom is 0.287 e. The molecule has 0 aliphatic heterocycles. The van der Waals surface area contributed by atoms with Crippen molar-refractivity contribution in [2.75, 3.05) is 0 Å². The lowest BCUT2D eigenvalue weighted by Crippen LogP contribution is -1.93. The second-order valence-electron chi connectivity index (χ2n) is 2.17. The van der Waals surface area contributed by atoms with Crippen LogP contribution in [-0.2, 0) is 6.54 Å². The fraction of sp³-hybridized carbons (Fsp3) is 0.333. The maximum atomic E-state index is 4.92. The summed E-state index contributed by atoms with van der Waals surface area (Å²) in [6.07, 6.45) is 2.88. The van der Waals surface area contributed by atoms with Crippen LogP contribution in [0.4, 0.5) is 0 Å². The van der Waals surface area contributed by atoms with E-state index in [0.717, 1.165) is 6.54 Å². The van der Waals surface area contributed by atoms with E-state index in [1.165, 1.54) is 6.39 Å². The molecule has 0 aliphatic rings. The van der Waals surface area contributed by atoms with Crippen LogP contribution in [0.15, 0.2) is 17.1 Å². The van der Waals surface area contributed by atoms with Crippen LogP contribution in [-0.4, -0.2) is 25.0 Å². The number of nitrogens with zero attached hydrogens (tertiary/aromatic N) is 5. The van der Waals surface area contributed by atoms with Crippen molar-refractivity contribution in [2.24, 2.45) is 0 Å². The van der Waals surface area contributed by atoms with Crippen molar-refractivity contribution in [3.63, 3.8) is 0 Å². The molecule has 0 saturated heterocycles. The van der Waals surface area contributed by atoms with Crippen LogP contribution < -0.4 is 0 Å². The van der Waals surface area contributed by atoms with E-state index in [1.807, 2.05) is 6.92 Å². The molecular weight excluding hydrogens is 158 g/mol. The van der Waals surface area contributed by atoms with Crippen molar-refractivity contribution in [1.82, 2.24) is 25.0 Å². The average Bonchev–Trinajstić information content (AvgIpc) is 2.75. The summed E-state index contributed by atoms with van der Waals surface area (Å²) in [5.74, 6) is 0.816. The molecule has 62 valence electrons. The Bertz CT molecular complexity index is 352. The van der Waals surface area contributed by atoms with Gasteiger partial charge in [-0.25, -0.2) is 4.98 Å². The number of hydrogen-bond acceptors (Lipinski definition) is 5. The molecule has 2 heterocycles. The Balaban J connectivity index is 2.35. The lowest BCUT2D eigenvalue weighted by molar-refractivity contribution is 0.561. The van der Waals surface area contributed by atoms with Gasteiger partial charge in [-0.15, -0.1) is 15.3 Å².